The zero-order valence-electron chi connectivity index (χ0n) is 16.9. The first-order valence-electron chi connectivity index (χ1n) is 9.76. The molecule has 30 heavy (non-hydrogen) atoms. The minimum absolute atomic E-state index is 0.281. The molecule has 0 unspecified atom stereocenters. The van der Waals surface area contributed by atoms with Crippen LogP contribution in [0.15, 0.2) is 40.2 Å². The fraction of sp³-hybridized carbons (Fsp3) is 0.400. The predicted octanol–water partition coefficient (Wildman–Crippen LogP) is 0.312. The Morgan fingerprint density at radius 2 is 1.80 bits per heavy atom. The van der Waals surface area contributed by atoms with Crippen LogP contribution in [0.25, 0.3) is 11.2 Å². The molecule has 1 amide bonds. The van der Waals surface area contributed by atoms with Gasteiger partial charge in [0.1, 0.15) is 12.4 Å². The Kier molecular flexibility index (Phi) is 5.15. The van der Waals surface area contributed by atoms with Crippen LogP contribution >= 0.6 is 0 Å². The van der Waals surface area contributed by atoms with Gasteiger partial charge in [-0.2, -0.15) is 0 Å². The maximum Gasteiger partial charge on any atom is 0.332 e. The van der Waals surface area contributed by atoms with Crippen molar-refractivity contribution in [2.75, 3.05) is 31.1 Å². The highest BCUT2D eigenvalue weighted by Crippen LogP contribution is 2.17. The highest BCUT2D eigenvalue weighted by molar-refractivity contribution is 5.77. The molecule has 1 aliphatic heterocycles. The first-order chi connectivity index (χ1) is 14.4. The number of amides is 1. The highest BCUT2D eigenvalue weighted by Gasteiger charge is 2.22. The van der Waals surface area contributed by atoms with Gasteiger partial charge >= 0.3 is 5.69 Å². The molecule has 158 valence electrons. The summed E-state index contributed by atoms with van der Waals surface area (Å²) in [6.45, 7) is 1.99. The third-order valence-corrected chi connectivity index (χ3v) is 5.53. The zero-order chi connectivity index (χ0) is 21.4. The molecule has 0 atom stereocenters. The lowest BCUT2D eigenvalue weighted by atomic mass is 10.2. The summed E-state index contributed by atoms with van der Waals surface area (Å²) in [7, 11) is 3.21. The van der Waals surface area contributed by atoms with Gasteiger partial charge in [-0.25, -0.2) is 18.7 Å². The van der Waals surface area contributed by atoms with Crippen LogP contribution < -0.4 is 16.1 Å². The summed E-state index contributed by atoms with van der Waals surface area (Å²) in [6, 6.07) is 6.28. The molecule has 3 heterocycles. The normalized spacial score (nSPS) is 14.9. The van der Waals surface area contributed by atoms with E-state index in [9.17, 15) is 18.8 Å². The van der Waals surface area contributed by atoms with Gasteiger partial charge in [0.15, 0.2) is 11.2 Å². The molecule has 3 aromatic rings. The van der Waals surface area contributed by atoms with Crippen LogP contribution in [0.3, 0.4) is 0 Å². The zero-order valence-corrected chi connectivity index (χ0v) is 16.9. The predicted molar refractivity (Wildman–Crippen MR) is 110 cm³/mol. The number of carbonyl (C=O) groups excluding carboxylic acids is 1. The van der Waals surface area contributed by atoms with Crippen molar-refractivity contribution in [3.8, 4) is 0 Å². The monoisotopic (exact) mass is 414 g/mol. The molecule has 9 nitrogen and oxygen atoms in total. The lowest BCUT2D eigenvalue weighted by molar-refractivity contribution is -0.131. The van der Waals surface area contributed by atoms with Crippen molar-refractivity contribution in [1.29, 1.82) is 0 Å². The quantitative estimate of drug-likeness (QED) is 0.616. The van der Waals surface area contributed by atoms with Gasteiger partial charge in [0, 0.05) is 46.0 Å². The van der Waals surface area contributed by atoms with E-state index in [0.29, 0.717) is 25.3 Å². The van der Waals surface area contributed by atoms with Crippen molar-refractivity contribution in [1.82, 2.24) is 23.6 Å². The van der Waals surface area contributed by atoms with E-state index in [4.69, 9.17) is 0 Å². The summed E-state index contributed by atoms with van der Waals surface area (Å²) < 4.78 is 17.0. The van der Waals surface area contributed by atoms with Gasteiger partial charge in [-0.05, 0) is 30.7 Å². The molecule has 1 aromatic carbocycles. The van der Waals surface area contributed by atoms with Crippen LogP contribution in [0.2, 0.25) is 0 Å². The lowest BCUT2D eigenvalue weighted by Gasteiger charge is -2.24. The molecule has 2 aromatic heterocycles. The second-order valence-corrected chi connectivity index (χ2v) is 7.46. The third-order valence-electron chi connectivity index (χ3n) is 5.53. The van der Waals surface area contributed by atoms with E-state index in [0.717, 1.165) is 23.2 Å². The van der Waals surface area contributed by atoms with Gasteiger partial charge in [0.2, 0.25) is 5.91 Å². The topological polar surface area (TPSA) is 85.4 Å². The molecule has 0 N–H and O–H groups in total. The Labute approximate surface area is 171 Å². The third kappa shape index (κ3) is 3.49. The van der Waals surface area contributed by atoms with E-state index >= 15 is 0 Å². The fourth-order valence-corrected chi connectivity index (χ4v) is 3.85. The lowest BCUT2D eigenvalue weighted by Crippen LogP contribution is -2.45. The van der Waals surface area contributed by atoms with Crippen LogP contribution in [0, 0.1) is 5.82 Å². The van der Waals surface area contributed by atoms with Gasteiger partial charge in [-0.1, -0.05) is 0 Å². The summed E-state index contributed by atoms with van der Waals surface area (Å²) in [6.07, 6.45) is 2.20. The Hall–Kier alpha value is -3.43. The SMILES string of the molecule is Cn1cnc2c1c(=O)n(CC(=O)N1CCCN(c3ccc(F)cc3)CC1)c(=O)n2C. The van der Waals surface area contributed by atoms with Crippen LogP contribution in [0.5, 0.6) is 0 Å². The Balaban J connectivity index is 1.53. The first kappa shape index (κ1) is 19.9. The van der Waals surface area contributed by atoms with Gasteiger partial charge in [-0.15, -0.1) is 0 Å². The molecule has 0 aliphatic carbocycles. The molecule has 0 spiro atoms. The fourth-order valence-electron chi connectivity index (χ4n) is 3.85. The highest BCUT2D eigenvalue weighted by atomic mass is 19.1. The molecule has 4 rings (SSSR count). The average Bonchev–Trinajstić information content (AvgIpc) is 2.96. The van der Waals surface area contributed by atoms with E-state index in [2.05, 4.69) is 9.88 Å². The van der Waals surface area contributed by atoms with Crippen molar-refractivity contribution in [3.05, 3.63) is 57.2 Å². The molecular formula is C20H23FN6O3. The van der Waals surface area contributed by atoms with E-state index < -0.39 is 11.2 Å². The van der Waals surface area contributed by atoms with Gasteiger partial charge in [0.05, 0.1) is 6.33 Å². The number of rotatable bonds is 3. The standard InChI is InChI=1S/C20H23FN6O3/c1-23-13-22-18-17(23)19(29)27(20(30)24(18)2)12-16(28)26-9-3-8-25(10-11-26)15-6-4-14(21)5-7-15/h4-7,13H,3,8-12H2,1-2H3. The van der Waals surface area contributed by atoms with E-state index in [-0.39, 0.29) is 23.8 Å². The van der Waals surface area contributed by atoms with Crippen molar-refractivity contribution < 1.29 is 9.18 Å². The molecular weight excluding hydrogens is 391 g/mol. The summed E-state index contributed by atoms with van der Waals surface area (Å²) in [4.78, 5) is 46.2. The second-order valence-electron chi connectivity index (χ2n) is 7.46. The van der Waals surface area contributed by atoms with E-state index in [1.807, 2.05) is 0 Å². The summed E-state index contributed by atoms with van der Waals surface area (Å²) in [5.41, 5.74) is 0.383. The number of halogens is 1. The largest absolute Gasteiger partial charge is 0.370 e. The van der Waals surface area contributed by atoms with Crippen molar-refractivity contribution >= 4 is 22.8 Å². The minimum Gasteiger partial charge on any atom is -0.370 e. The number of anilines is 1. The summed E-state index contributed by atoms with van der Waals surface area (Å²) in [5, 5.41) is 0. The van der Waals surface area contributed by atoms with Gasteiger partial charge < -0.3 is 14.4 Å². The molecule has 1 fully saturated rings. The van der Waals surface area contributed by atoms with Crippen LogP contribution in [0.4, 0.5) is 10.1 Å². The smallest absolute Gasteiger partial charge is 0.332 e. The van der Waals surface area contributed by atoms with E-state index in [1.165, 1.54) is 30.1 Å². The van der Waals surface area contributed by atoms with Crippen LogP contribution in [0.1, 0.15) is 6.42 Å². The molecule has 10 heteroatoms. The summed E-state index contributed by atoms with van der Waals surface area (Å²) in [5.74, 6) is -0.570. The number of nitrogens with zero attached hydrogens (tertiary/aromatic N) is 6. The number of benzene rings is 1. The number of fused-ring (bicyclic) bond motifs is 1. The van der Waals surface area contributed by atoms with Crippen molar-refractivity contribution in [2.45, 2.75) is 13.0 Å². The molecule has 0 bridgehead atoms. The maximum absolute atomic E-state index is 13.2. The molecule has 1 saturated heterocycles. The van der Waals surface area contributed by atoms with Gasteiger partial charge in [-0.3, -0.25) is 14.2 Å². The van der Waals surface area contributed by atoms with E-state index in [1.54, 1.807) is 28.6 Å². The maximum atomic E-state index is 13.2. The number of aromatic nitrogens is 4. The molecule has 0 radical (unpaired) electrons. The number of hydrogen-bond acceptors (Lipinski definition) is 5. The van der Waals surface area contributed by atoms with Gasteiger partial charge in [0.25, 0.3) is 5.56 Å². The summed E-state index contributed by atoms with van der Waals surface area (Å²) >= 11 is 0. The Morgan fingerprint density at radius 1 is 1.07 bits per heavy atom. The first-order valence-corrected chi connectivity index (χ1v) is 9.76. The number of hydrogen-bond donors (Lipinski definition) is 0. The van der Waals surface area contributed by atoms with Crippen molar-refractivity contribution in [2.24, 2.45) is 14.1 Å². The average molecular weight is 414 g/mol. The Morgan fingerprint density at radius 3 is 2.53 bits per heavy atom. The Bertz CT molecular complexity index is 1210. The minimum atomic E-state index is -0.567. The number of aryl methyl sites for hydroxylation is 2. The van der Waals surface area contributed by atoms with Crippen LogP contribution in [-0.4, -0.2) is 55.7 Å². The second kappa shape index (κ2) is 7.77. The van der Waals surface area contributed by atoms with Crippen molar-refractivity contribution in [3.63, 3.8) is 0 Å². The molecule has 0 saturated carbocycles. The molecule has 1 aliphatic rings. The number of imidazole rings is 1. The number of carbonyl (C=O) groups is 1. The van der Waals surface area contributed by atoms with Crippen LogP contribution in [-0.2, 0) is 25.4 Å².